The highest BCUT2D eigenvalue weighted by Crippen LogP contribution is 2.30. The minimum Gasteiger partial charge on any atom is -0.354 e. The standard InChI is InChI=1S/C34H34Cl2FN3O4S/c1-2-3-18-38-34(42)32(19-25-10-6-4-7-11-25)39(23-26-14-16-29(37)17-15-26)33(41)24-40(30-21-27(35)20-28(36)22-30)45(43,44)31-12-8-5-9-13-31/h4-17,20-22,32H,2-3,18-19,23-24H2,1H3,(H,38,42)/t32-/m1/s1. The van der Waals surface area contributed by atoms with Gasteiger partial charge in [0.2, 0.25) is 11.8 Å². The van der Waals surface area contributed by atoms with Crippen LogP contribution in [-0.2, 0) is 32.6 Å². The molecule has 0 fully saturated rings. The summed E-state index contributed by atoms with van der Waals surface area (Å²) >= 11 is 12.5. The fourth-order valence-electron chi connectivity index (χ4n) is 4.78. The molecule has 0 saturated heterocycles. The van der Waals surface area contributed by atoms with Crippen molar-refractivity contribution in [2.75, 3.05) is 17.4 Å². The summed E-state index contributed by atoms with van der Waals surface area (Å²) in [6, 6.07) is 25.8. The van der Waals surface area contributed by atoms with E-state index in [0.717, 1.165) is 22.7 Å². The van der Waals surface area contributed by atoms with E-state index in [1.807, 2.05) is 37.3 Å². The zero-order valence-corrected chi connectivity index (χ0v) is 27.0. The van der Waals surface area contributed by atoms with Gasteiger partial charge in [-0.2, -0.15) is 0 Å². The summed E-state index contributed by atoms with van der Waals surface area (Å²) in [6.45, 7) is 1.67. The zero-order valence-electron chi connectivity index (χ0n) is 24.7. The number of nitrogens with one attached hydrogen (secondary N) is 1. The average molecular weight is 671 g/mol. The molecule has 0 saturated carbocycles. The van der Waals surface area contributed by atoms with Crippen molar-refractivity contribution in [1.29, 1.82) is 0 Å². The van der Waals surface area contributed by atoms with Crippen LogP contribution in [0.4, 0.5) is 10.1 Å². The van der Waals surface area contributed by atoms with Crippen LogP contribution in [0.1, 0.15) is 30.9 Å². The van der Waals surface area contributed by atoms with Crippen molar-refractivity contribution < 1.29 is 22.4 Å². The Morgan fingerprint density at radius 1 is 0.844 bits per heavy atom. The van der Waals surface area contributed by atoms with E-state index in [4.69, 9.17) is 23.2 Å². The molecule has 0 radical (unpaired) electrons. The van der Waals surface area contributed by atoms with Crippen molar-refractivity contribution in [3.63, 3.8) is 0 Å². The molecule has 4 rings (SSSR count). The predicted molar refractivity (Wildman–Crippen MR) is 176 cm³/mol. The normalized spacial score (nSPS) is 11.9. The van der Waals surface area contributed by atoms with Gasteiger partial charge in [0.15, 0.2) is 0 Å². The predicted octanol–water partition coefficient (Wildman–Crippen LogP) is 6.88. The number of hydrogen-bond donors (Lipinski definition) is 1. The van der Waals surface area contributed by atoms with Crippen molar-refractivity contribution >= 4 is 50.7 Å². The zero-order chi connectivity index (χ0) is 32.4. The highest BCUT2D eigenvalue weighted by atomic mass is 35.5. The van der Waals surface area contributed by atoms with Crippen molar-refractivity contribution in [1.82, 2.24) is 10.2 Å². The number of benzene rings is 4. The third-order valence-corrected chi connectivity index (χ3v) is 9.34. The second-order valence-corrected chi connectivity index (χ2v) is 13.2. The van der Waals surface area contributed by atoms with Gasteiger partial charge in [0.1, 0.15) is 18.4 Å². The van der Waals surface area contributed by atoms with E-state index in [1.54, 1.807) is 18.2 Å². The molecule has 2 amide bonds. The summed E-state index contributed by atoms with van der Waals surface area (Å²) in [5.41, 5.74) is 1.45. The number of carbonyl (C=O) groups is 2. The van der Waals surface area contributed by atoms with Crippen LogP contribution < -0.4 is 9.62 Å². The molecule has 4 aromatic rings. The highest BCUT2D eigenvalue weighted by Gasteiger charge is 2.34. The minimum absolute atomic E-state index is 0.0443. The molecule has 45 heavy (non-hydrogen) atoms. The molecular formula is C34H34Cl2FN3O4S. The molecule has 0 aliphatic rings. The van der Waals surface area contributed by atoms with E-state index in [2.05, 4.69) is 5.32 Å². The van der Waals surface area contributed by atoms with Gasteiger partial charge in [-0.05, 0) is 60.0 Å². The van der Waals surface area contributed by atoms with Gasteiger partial charge in [-0.3, -0.25) is 13.9 Å². The van der Waals surface area contributed by atoms with E-state index < -0.39 is 34.3 Å². The molecular weight excluding hydrogens is 636 g/mol. The summed E-state index contributed by atoms with van der Waals surface area (Å²) in [7, 11) is -4.30. The first-order valence-corrected chi connectivity index (χ1v) is 16.7. The number of unbranched alkanes of at least 4 members (excludes halogenated alkanes) is 1. The summed E-state index contributed by atoms with van der Waals surface area (Å²) < 4.78 is 42.8. The smallest absolute Gasteiger partial charge is 0.264 e. The maximum Gasteiger partial charge on any atom is 0.264 e. The minimum atomic E-state index is -4.30. The van der Waals surface area contributed by atoms with E-state index >= 15 is 0 Å². The first-order chi connectivity index (χ1) is 21.6. The molecule has 4 aromatic carbocycles. The number of hydrogen-bond acceptors (Lipinski definition) is 4. The van der Waals surface area contributed by atoms with Crippen LogP contribution in [0.15, 0.2) is 108 Å². The second-order valence-electron chi connectivity index (χ2n) is 10.5. The van der Waals surface area contributed by atoms with Gasteiger partial charge in [0.25, 0.3) is 10.0 Å². The number of amides is 2. The third-order valence-electron chi connectivity index (χ3n) is 7.11. The lowest BCUT2D eigenvalue weighted by molar-refractivity contribution is -0.140. The van der Waals surface area contributed by atoms with E-state index in [-0.39, 0.29) is 39.5 Å². The van der Waals surface area contributed by atoms with Gasteiger partial charge in [0, 0.05) is 29.6 Å². The molecule has 0 unspecified atom stereocenters. The maximum absolute atomic E-state index is 14.4. The summed E-state index contributed by atoms with van der Waals surface area (Å²) in [5.74, 6) is -1.49. The highest BCUT2D eigenvalue weighted by molar-refractivity contribution is 7.92. The van der Waals surface area contributed by atoms with Crippen molar-refractivity contribution in [3.8, 4) is 0 Å². The topological polar surface area (TPSA) is 86.8 Å². The molecule has 7 nitrogen and oxygen atoms in total. The molecule has 1 atom stereocenters. The lowest BCUT2D eigenvalue weighted by Crippen LogP contribution is -2.53. The second kappa shape index (κ2) is 15.9. The molecule has 236 valence electrons. The maximum atomic E-state index is 14.4. The lowest BCUT2D eigenvalue weighted by Gasteiger charge is -2.34. The van der Waals surface area contributed by atoms with Crippen LogP contribution in [0.3, 0.4) is 0 Å². The first-order valence-electron chi connectivity index (χ1n) is 14.5. The number of halogens is 3. The Morgan fingerprint density at radius 2 is 1.44 bits per heavy atom. The van der Waals surface area contributed by atoms with Gasteiger partial charge in [-0.25, -0.2) is 12.8 Å². The number of anilines is 1. The summed E-state index contributed by atoms with van der Waals surface area (Å²) in [4.78, 5) is 29.5. The molecule has 1 N–H and O–H groups in total. The van der Waals surface area contributed by atoms with Crippen LogP contribution in [0.2, 0.25) is 10.0 Å². The quantitative estimate of drug-likeness (QED) is 0.148. The van der Waals surface area contributed by atoms with Gasteiger partial charge < -0.3 is 10.2 Å². The number of nitrogens with zero attached hydrogens (tertiary/aromatic N) is 2. The molecule has 0 bridgehead atoms. The fraction of sp³-hybridized carbons (Fsp3) is 0.235. The van der Waals surface area contributed by atoms with Gasteiger partial charge in [0.05, 0.1) is 10.6 Å². The molecule has 0 aliphatic carbocycles. The first kappa shape index (κ1) is 34.0. The Kier molecular flexibility index (Phi) is 12.0. The van der Waals surface area contributed by atoms with E-state index in [1.165, 1.54) is 59.5 Å². The Hall–Kier alpha value is -3.92. The molecule has 0 heterocycles. The van der Waals surface area contributed by atoms with E-state index in [0.29, 0.717) is 12.1 Å². The van der Waals surface area contributed by atoms with Gasteiger partial charge in [-0.15, -0.1) is 0 Å². The van der Waals surface area contributed by atoms with Crippen molar-refractivity contribution in [2.24, 2.45) is 0 Å². The summed E-state index contributed by atoms with van der Waals surface area (Å²) in [5, 5.41) is 3.29. The van der Waals surface area contributed by atoms with Crippen molar-refractivity contribution in [2.45, 2.75) is 43.7 Å². The summed E-state index contributed by atoms with van der Waals surface area (Å²) in [6.07, 6.45) is 1.77. The van der Waals surface area contributed by atoms with Crippen LogP contribution in [-0.4, -0.2) is 44.3 Å². The Balaban J connectivity index is 1.80. The molecule has 11 heteroatoms. The number of carbonyl (C=O) groups excluding carboxylic acids is 2. The number of rotatable bonds is 14. The van der Waals surface area contributed by atoms with Crippen LogP contribution in [0, 0.1) is 5.82 Å². The lowest BCUT2D eigenvalue weighted by atomic mass is 10.0. The van der Waals surface area contributed by atoms with Crippen LogP contribution in [0.25, 0.3) is 0 Å². The van der Waals surface area contributed by atoms with E-state index in [9.17, 15) is 22.4 Å². The van der Waals surface area contributed by atoms with Crippen LogP contribution >= 0.6 is 23.2 Å². The Labute approximate surface area is 273 Å². The Morgan fingerprint density at radius 3 is 2.04 bits per heavy atom. The molecule has 0 aromatic heterocycles. The SMILES string of the molecule is CCCCNC(=O)[C@@H](Cc1ccccc1)N(Cc1ccc(F)cc1)C(=O)CN(c1cc(Cl)cc(Cl)c1)S(=O)(=O)c1ccccc1. The fourth-order valence-corrected chi connectivity index (χ4v) is 6.71. The van der Waals surface area contributed by atoms with Gasteiger partial charge in [-0.1, -0.05) is 97.2 Å². The van der Waals surface area contributed by atoms with Gasteiger partial charge >= 0.3 is 0 Å². The third kappa shape index (κ3) is 9.29. The average Bonchev–Trinajstić information content (AvgIpc) is 3.02. The van der Waals surface area contributed by atoms with Crippen LogP contribution in [0.5, 0.6) is 0 Å². The molecule has 0 spiro atoms. The largest absolute Gasteiger partial charge is 0.354 e. The van der Waals surface area contributed by atoms with Crippen molar-refractivity contribution in [3.05, 3.63) is 130 Å². The molecule has 0 aliphatic heterocycles. The monoisotopic (exact) mass is 669 g/mol. The Bertz CT molecular complexity index is 1670. The number of sulfonamides is 1.